The fourth-order valence-electron chi connectivity index (χ4n) is 5.31. The number of benzene rings is 2. The molecule has 0 bridgehead atoms. The summed E-state index contributed by atoms with van der Waals surface area (Å²) in [7, 11) is 1.70. The Morgan fingerprint density at radius 1 is 1.06 bits per heavy atom. The predicted molar refractivity (Wildman–Crippen MR) is 128 cm³/mol. The average molecular weight is 465 g/mol. The van der Waals surface area contributed by atoms with E-state index in [0.717, 1.165) is 47.9 Å². The number of amides is 2. The topological polar surface area (TPSA) is 95.9 Å². The SMILES string of the molecule is CCC(C1CCC1)N(C)C(=O)C(CC(=O)O)NC(=O)OCC1c2ccccc2-c2ccccc21. The Labute approximate surface area is 200 Å². The molecule has 0 heterocycles. The monoisotopic (exact) mass is 464 g/mol. The van der Waals surface area contributed by atoms with Gasteiger partial charge in [0.05, 0.1) is 6.42 Å². The number of hydrogen-bond donors (Lipinski definition) is 2. The van der Waals surface area contributed by atoms with Crippen LogP contribution in [0.3, 0.4) is 0 Å². The van der Waals surface area contributed by atoms with Crippen LogP contribution in [0.15, 0.2) is 48.5 Å². The second kappa shape index (κ2) is 10.3. The van der Waals surface area contributed by atoms with Gasteiger partial charge in [-0.1, -0.05) is 61.9 Å². The van der Waals surface area contributed by atoms with Crippen LogP contribution in [0.1, 0.15) is 56.1 Å². The number of carboxylic acids is 1. The first-order chi connectivity index (χ1) is 16.4. The maximum Gasteiger partial charge on any atom is 0.407 e. The van der Waals surface area contributed by atoms with E-state index in [9.17, 15) is 19.5 Å². The molecule has 0 aliphatic heterocycles. The molecule has 2 unspecified atom stereocenters. The molecule has 2 aliphatic rings. The van der Waals surface area contributed by atoms with Crippen LogP contribution in [-0.4, -0.2) is 53.7 Å². The summed E-state index contributed by atoms with van der Waals surface area (Å²) in [6.07, 6.45) is 2.80. The Balaban J connectivity index is 1.43. The molecule has 1 fully saturated rings. The minimum atomic E-state index is -1.17. The fourth-order valence-corrected chi connectivity index (χ4v) is 5.31. The van der Waals surface area contributed by atoms with Gasteiger partial charge in [-0.05, 0) is 47.4 Å². The largest absolute Gasteiger partial charge is 0.481 e. The van der Waals surface area contributed by atoms with Gasteiger partial charge in [0.15, 0.2) is 0 Å². The third kappa shape index (κ3) is 4.79. The molecule has 0 aromatic heterocycles. The van der Waals surface area contributed by atoms with Gasteiger partial charge in [0.25, 0.3) is 0 Å². The minimum absolute atomic E-state index is 0.0434. The van der Waals surface area contributed by atoms with E-state index in [1.165, 1.54) is 0 Å². The Morgan fingerprint density at radius 2 is 1.65 bits per heavy atom. The van der Waals surface area contributed by atoms with Crippen molar-refractivity contribution in [1.82, 2.24) is 10.2 Å². The predicted octanol–water partition coefficient (Wildman–Crippen LogP) is 4.41. The molecule has 0 spiro atoms. The zero-order valence-corrected chi connectivity index (χ0v) is 19.7. The number of carbonyl (C=O) groups excluding carboxylic acids is 2. The number of nitrogens with one attached hydrogen (secondary N) is 1. The van der Waals surface area contributed by atoms with Crippen molar-refractivity contribution in [2.24, 2.45) is 5.92 Å². The van der Waals surface area contributed by atoms with Gasteiger partial charge >= 0.3 is 12.1 Å². The van der Waals surface area contributed by atoms with Crippen LogP contribution >= 0.6 is 0 Å². The molecule has 180 valence electrons. The van der Waals surface area contributed by atoms with Crippen molar-refractivity contribution >= 4 is 18.0 Å². The highest BCUT2D eigenvalue weighted by Gasteiger charge is 2.35. The smallest absolute Gasteiger partial charge is 0.407 e. The summed E-state index contributed by atoms with van der Waals surface area (Å²) in [5, 5.41) is 11.9. The molecule has 2 aromatic carbocycles. The maximum atomic E-state index is 13.1. The van der Waals surface area contributed by atoms with Gasteiger partial charge in [0.2, 0.25) is 5.91 Å². The lowest BCUT2D eigenvalue weighted by Gasteiger charge is -2.40. The van der Waals surface area contributed by atoms with Gasteiger partial charge in [0, 0.05) is 19.0 Å². The molecule has 2 N–H and O–H groups in total. The molecule has 2 amide bonds. The third-order valence-electron chi connectivity index (χ3n) is 7.27. The summed E-state index contributed by atoms with van der Waals surface area (Å²) in [6, 6.07) is 14.9. The van der Waals surface area contributed by atoms with Gasteiger partial charge in [-0.3, -0.25) is 9.59 Å². The normalized spacial score (nSPS) is 16.5. The molecule has 2 atom stereocenters. The number of nitrogens with zero attached hydrogens (tertiary/aromatic N) is 1. The van der Waals surface area contributed by atoms with E-state index in [-0.39, 0.29) is 18.6 Å². The van der Waals surface area contributed by atoms with Crippen molar-refractivity contribution in [3.63, 3.8) is 0 Å². The van der Waals surface area contributed by atoms with Crippen LogP contribution in [0, 0.1) is 5.92 Å². The number of carbonyl (C=O) groups is 3. The molecule has 7 heteroatoms. The van der Waals surface area contributed by atoms with Gasteiger partial charge in [0.1, 0.15) is 12.6 Å². The van der Waals surface area contributed by atoms with Gasteiger partial charge < -0.3 is 20.1 Å². The summed E-state index contributed by atoms with van der Waals surface area (Å²) >= 11 is 0. The van der Waals surface area contributed by atoms with Crippen LogP contribution < -0.4 is 5.32 Å². The molecule has 0 radical (unpaired) electrons. The molecule has 34 heavy (non-hydrogen) atoms. The minimum Gasteiger partial charge on any atom is -0.481 e. The van der Waals surface area contributed by atoms with Crippen molar-refractivity contribution in [3.8, 4) is 11.1 Å². The average Bonchev–Trinajstić information content (AvgIpc) is 3.12. The van der Waals surface area contributed by atoms with Crippen LogP contribution in [0.5, 0.6) is 0 Å². The van der Waals surface area contributed by atoms with Gasteiger partial charge in [-0.15, -0.1) is 0 Å². The highest BCUT2D eigenvalue weighted by atomic mass is 16.5. The summed E-state index contributed by atoms with van der Waals surface area (Å²) in [6.45, 7) is 2.13. The number of rotatable bonds is 9. The Morgan fingerprint density at radius 3 is 2.15 bits per heavy atom. The van der Waals surface area contributed by atoms with E-state index in [1.807, 2.05) is 43.3 Å². The zero-order chi connectivity index (χ0) is 24.2. The van der Waals surface area contributed by atoms with Crippen LogP contribution in [0.25, 0.3) is 11.1 Å². The number of aliphatic carboxylic acids is 1. The Kier molecular flexibility index (Phi) is 7.20. The summed E-state index contributed by atoms with van der Waals surface area (Å²) < 4.78 is 5.53. The maximum absolute atomic E-state index is 13.1. The van der Waals surface area contributed by atoms with Crippen molar-refractivity contribution in [1.29, 1.82) is 0 Å². The number of alkyl carbamates (subject to hydrolysis) is 1. The van der Waals surface area contributed by atoms with E-state index in [0.29, 0.717) is 5.92 Å². The third-order valence-corrected chi connectivity index (χ3v) is 7.27. The molecular formula is C27H32N2O5. The van der Waals surface area contributed by atoms with Gasteiger partial charge in [-0.25, -0.2) is 4.79 Å². The molecule has 0 saturated heterocycles. The number of carboxylic acid groups (broad SMARTS) is 1. The van der Waals surface area contributed by atoms with E-state index >= 15 is 0 Å². The lowest BCUT2D eigenvalue weighted by molar-refractivity contribution is -0.143. The van der Waals surface area contributed by atoms with Crippen molar-refractivity contribution in [2.75, 3.05) is 13.7 Å². The highest BCUT2D eigenvalue weighted by molar-refractivity contribution is 5.89. The molecular weight excluding hydrogens is 432 g/mol. The number of likely N-dealkylation sites (N-methyl/N-ethyl adjacent to an activating group) is 1. The van der Waals surface area contributed by atoms with Crippen molar-refractivity contribution < 1.29 is 24.2 Å². The summed E-state index contributed by atoms with van der Waals surface area (Å²) in [5.41, 5.74) is 4.41. The Hall–Kier alpha value is -3.35. The lowest BCUT2D eigenvalue weighted by Crippen LogP contribution is -2.53. The van der Waals surface area contributed by atoms with Crippen LogP contribution in [0.4, 0.5) is 4.79 Å². The summed E-state index contributed by atoms with van der Waals surface area (Å²) in [4.78, 5) is 38.9. The first-order valence-corrected chi connectivity index (χ1v) is 12.0. The number of hydrogen-bond acceptors (Lipinski definition) is 4. The first-order valence-electron chi connectivity index (χ1n) is 12.0. The number of ether oxygens (including phenoxy) is 1. The summed E-state index contributed by atoms with van der Waals surface area (Å²) in [5.74, 6) is -1.23. The van der Waals surface area contributed by atoms with E-state index in [2.05, 4.69) is 17.4 Å². The highest BCUT2D eigenvalue weighted by Crippen LogP contribution is 2.44. The van der Waals surface area contributed by atoms with E-state index in [1.54, 1.807) is 11.9 Å². The Bertz CT molecular complexity index is 1020. The fraction of sp³-hybridized carbons (Fsp3) is 0.444. The molecule has 1 saturated carbocycles. The molecule has 2 aromatic rings. The van der Waals surface area contributed by atoms with Crippen molar-refractivity contribution in [3.05, 3.63) is 59.7 Å². The second-order valence-electron chi connectivity index (χ2n) is 9.24. The van der Waals surface area contributed by atoms with Crippen molar-refractivity contribution in [2.45, 2.75) is 57.0 Å². The van der Waals surface area contributed by atoms with E-state index in [4.69, 9.17) is 4.74 Å². The molecule has 2 aliphatic carbocycles. The van der Waals surface area contributed by atoms with Gasteiger partial charge in [-0.2, -0.15) is 0 Å². The second-order valence-corrected chi connectivity index (χ2v) is 9.24. The molecule has 7 nitrogen and oxygen atoms in total. The zero-order valence-electron chi connectivity index (χ0n) is 19.7. The lowest BCUT2D eigenvalue weighted by atomic mass is 9.78. The van der Waals surface area contributed by atoms with E-state index < -0.39 is 30.4 Å². The standard InChI is InChI=1S/C27H32N2O5/c1-3-24(17-9-8-10-17)29(2)26(32)23(15-25(30)31)28-27(33)34-16-22-20-13-6-4-11-18(20)19-12-5-7-14-21(19)22/h4-7,11-14,17,22-24H,3,8-10,15-16H2,1-2H3,(H,28,33)(H,30,31). The quantitative estimate of drug-likeness (QED) is 0.573. The number of fused-ring (bicyclic) bond motifs is 3. The first kappa shape index (κ1) is 23.8. The van der Waals surface area contributed by atoms with Crippen LogP contribution in [-0.2, 0) is 14.3 Å². The van der Waals surface area contributed by atoms with Crippen LogP contribution in [0.2, 0.25) is 0 Å². The molecule has 4 rings (SSSR count).